The normalized spacial score (nSPS) is 12.0. The molecular formula is C25H30N2O6S2. The summed E-state index contributed by atoms with van der Waals surface area (Å²) < 4.78 is 66.0. The Kier molecular flexibility index (Phi) is 8.90. The van der Waals surface area contributed by atoms with E-state index in [-0.39, 0.29) is 29.4 Å². The predicted molar refractivity (Wildman–Crippen MR) is 135 cm³/mol. The number of nitrogens with one attached hydrogen (secondary N) is 1. The lowest BCUT2D eigenvalue weighted by Crippen LogP contribution is -2.30. The van der Waals surface area contributed by atoms with Crippen molar-refractivity contribution in [1.29, 1.82) is 0 Å². The second-order valence-corrected chi connectivity index (χ2v) is 11.4. The van der Waals surface area contributed by atoms with Crippen LogP contribution in [0.25, 0.3) is 0 Å². The van der Waals surface area contributed by atoms with Crippen molar-refractivity contribution in [3.05, 3.63) is 83.9 Å². The lowest BCUT2D eigenvalue weighted by atomic mass is 10.1. The first-order valence-electron chi connectivity index (χ1n) is 11.1. The summed E-state index contributed by atoms with van der Waals surface area (Å²) in [6.07, 6.45) is 0.441. The van der Waals surface area contributed by atoms with Crippen molar-refractivity contribution < 1.29 is 26.3 Å². The van der Waals surface area contributed by atoms with Crippen molar-refractivity contribution in [1.82, 2.24) is 9.03 Å². The first-order chi connectivity index (χ1) is 16.7. The van der Waals surface area contributed by atoms with Crippen molar-refractivity contribution in [3.63, 3.8) is 0 Å². The molecule has 0 aromatic heterocycles. The highest BCUT2D eigenvalue weighted by Crippen LogP contribution is 2.27. The van der Waals surface area contributed by atoms with Crippen molar-refractivity contribution in [2.24, 2.45) is 0 Å². The summed E-state index contributed by atoms with van der Waals surface area (Å²) in [7, 11) is -4.51. The third-order valence-electron chi connectivity index (χ3n) is 5.48. The topological polar surface area (TPSA) is 102 Å². The first kappa shape index (κ1) is 26.7. The van der Waals surface area contributed by atoms with Gasteiger partial charge in [-0.3, -0.25) is 0 Å². The van der Waals surface area contributed by atoms with Crippen LogP contribution in [0.3, 0.4) is 0 Å². The Hall–Kier alpha value is -2.92. The van der Waals surface area contributed by atoms with E-state index in [1.807, 2.05) is 36.4 Å². The molecule has 3 aromatic carbocycles. The zero-order valence-corrected chi connectivity index (χ0v) is 21.6. The third kappa shape index (κ3) is 6.61. The Balaban J connectivity index is 1.67. The molecule has 35 heavy (non-hydrogen) atoms. The fourth-order valence-electron chi connectivity index (χ4n) is 3.54. The molecule has 0 fully saturated rings. The molecule has 0 heterocycles. The van der Waals surface area contributed by atoms with Gasteiger partial charge in [0.15, 0.2) is 11.5 Å². The fraction of sp³-hybridized carbons (Fsp3) is 0.280. The average molecular weight is 519 g/mol. The molecule has 188 valence electrons. The summed E-state index contributed by atoms with van der Waals surface area (Å²) in [6, 6.07) is 20.0. The van der Waals surface area contributed by atoms with Crippen LogP contribution in [0.5, 0.6) is 11.5 Å². The number of hydrogen-bond donors (Lipinski definition) is 1. The van der Waals surface area contributed by atoms with Crippen LogP contribution in [0.2, 0.25) is 0 Å². The van der Waals surface area contributed by atoms with E-state index in [9.17, 15) is 16.8 Å². The monoisotopic (exact) mass is 518 g/mol. The van der Waals surface area contributed by atoms with Gasteiger partial charge in [-0.2, -0.15) is 4.31 Å². The summed E-state index contributed by atoms with van der Waals surface area (Å²) in [6.45, 7) is 2.45. The van der Waals surface area contributed by atoms with Crippen LogP contribution in [0.15, 0.2) is 82.6 Å². The average Bonchev–Trinajstić information content (AvgIpc) is 2.87. The zero-order valence-electron chi connectivity index (χ0n) is 20.0. The molecule has 3 aromatic rings. The molecule has 0 spiro atoms. The molecule has 0 amide bonds. The summed E-state index contributed by atoms with van der Waals surface area (Å²) in [5.41, 5.74) is 1.75. The van der Waals surface area contributed by atoms with Gasteiger partial charge in [-0.25, -0.2) is 21.6 Å². The number of rotatable bonds is 12. The summed E-state index contributed by atoms with van der Waals surface area (Å²) in [4.78, 5) is 0.0365. The van der Waals surface area contributed by atoms with E-state index in [1.54, 1.807) is 26.2 Å². The van der Waals surface area contributed by atoms with Gasteiger partial charge in [0, 0.05) is 19.6 Å². The van der Waals surface area contributed by atoms with Crippen molar-refractivity contribution in [2.75, 3.05) is 27.3 Å². The van der Waals surface area contributed by atoms with E-state index in [4.69, 9.17) is 9.47 Å². The number of hydrogen-bond acceptors (Lipinski definition) is 6. The van der Waals surface area contributed by atoms with Gasteiger partial charge in [-0.1, -0.05) is 43.3 Å². The minimum Gasteiger partial charge on any atom is -0.493 e. The van der Waals surface area contributed by atoms with E-state index in [2.05, 4.69) is 4.72 Å². The molecule has 0 aliphatic carbocycles. The minimum atomic E-state index is -3.81. The van der Waals surface area contributed by atoms with Crippen LogP contribution in [0.4, 0.5) is 0 Å². The van der Waals surface area contributed by atoms with Gasteiger partial charge in [0.25, 0.3) is 0 Å². The molecule has 1 N–H and O–H groups in total. The SMILES string of the molecule is CCN(Cc1ccccc1)S(=O)(=O)c1ccc(S(=O)(=O)NCCc2ccc(OC)c(OC)c2)cc1. The van der Waals surface area contributed by atoms with Gasteiger partial charge in [0.05, 0.1) is 24.0 Å². The Morgan fingerprint density at radius 3 is 2.00 bits per heavy atom. The number of sulfonamides is 2. The molecule has 0 saturated carbocycles. The second-order valence-electron chi connectivity index (χ2n) is 7.73. The van der Waals surface area contributed by atoms with Gasteiger partial charge < -0.3 is 9.47 Å². The van der Waals surface area contributed by atoms with Gasteiger partial charge >= 0.3 is 0 Å². The predicted octanol–water partition coefficient (Wildman–Crippen LogP) is 3.44. The molecule has 8 nitrogen and oxygen atoms in total. The molecule has 0 radical (unpaired) electrons. The van der Waals surface area contributed by atoms with E-state index >= 15 is 0 Å². The lowest BCUT2D eigenvalue weighted by Gasteiger charge is -2.20. The lowest BCUT2D eigenvalue weighted by molar-refractivity contribution is 0.354. The van der Waals surface area contributed by atoms with Crippen LogP contribution < -0.4 is 14.2 Å². The molecule has 3 rings (SSSR count). The van der Waals surface area contributed by atoms with Crippen LogP contribution in [-0.2, 0) is 33.0 Å². The summed E-state index contributed by atoms with van der Waals surface area (Å²) >= 11 is 0. The van der Waals surface area contributed by atoms with E-state index in [1.165, 1.54) is 35.7 Å². The number of ether oxygens (including phenoxy) is 2. The minimum absolute atomic E-state index is 0.00475. The van der Waals surface area contributed by atoms with Crippen LogP contribution in [-0.4, -0.2) is 48.4 Å². The second kappa shape index (κ2) is 11.7. The van der Waals surface area contributed by atoms with Crippen molar-refractivity contribution in [2.45, 2.75) is 29.7 Å². The van der Waals surface area contributed by atoms with E-state index in [0.29, 0.717) is 17.9 Å². The van der Waals surface area contributed by atoms with Crippen LogP contribution in [0, 0.1) is 0 Å². The molecule has 10 heteroatoms. The van der Waals surface area contributed by atoms with Crippen LogP contribution >= 0.6 is 0 Å². The van der Waals surface area contributed by atoms with Crippen molar-refractivity contribution >= 4 is 20.0 Å². The molecule has 0 saturated heterocycles. The number of benzene rings is 3. The summed E-state index contributed by atoms with van der Waals surface area (Å²) in [5.74, 6) is 1.16. The maximum Gasteiger partial charge on any atom is 0.243 e. The molecule has 0 aliphatic heterocycles. The molecule has 0 unspecified atom stereocenters. The fourth-order valence-corrected chi connectivity index (χ4v) is 6.01. The highest BCUT2D eigenvalue weighted by molar-refractivity contribution is 7.89. The highest BCUT2D eigenvalue weighted by atomic mass is 32.2. The molecule has 0 aliphatic rings. The maximum atomic E-state index is 13.1. The molecular weight excluding hydrogens is 488 g/mol. The zero-order chi connectivity index (χ0) is 25.5. The van der Waals surface area contributed by atoms with Gasteiger partial charge in [-0.05, 0) is 53.9 Å². The Morgan fingerprint density at radius 2 is 1.40 bits per heavy atom. The molecule has 0 bridgehead atoms. The molecule has 0 atom stereocenters. The van der Waals surface area contributed by atoms with Gasteiger partial charge in [0.2, 0.25) is 20.0 Å². The Labute approximate surface area is 207 Å². The smallest absolute Gasteiger partial charge is 0.243 e. The third-order valence-corrected chi connectivity index (χ3v) is 8.89. The first-order valence-corrected chi connectivity index (χ1v) is 14.0. The van der Waals surface area contributed by atoms with E-state index < -0.39 is 20.0 Å². The van der Waals surface area contributed by atoms with E-state index in [0.717, 1.165) is 11.1 Å². The van der Waals surface area contributed by atoms with Crippen molar-refractivity contribution in [3.8, 4) is 11.5 Å². The number of nitrogens with zero attached hydrogens (tertiary/aromatic N) is 1. The number of methoxy groups -OCH3 is 2. The Bertz CT molecular complexity index is 1330. The highest BCUT2D eigenvalue weighted by Gasteiger charge is 2.24. The van der Waals surface area contributed by atoms with Gasteiger partial charge in [-0.15, -0.1) is 0 Å². The van der Waals surface area contributed by atoms with Gasteiger partial charge in [0.1, 0.15) is 0 Å². The largest absolute Gasteiger partial charge is 0.493 e. The maximum absolute atomic E-state index is 13.1. The Morgan fingerprint density at radius 1 is 0.771 bits per heavy atom. The standard InChI is InChI=1S/C25H30N2O6S2/c1-4-27(19-21-8-6-5-7-9-21)35(30,31)23-13-11-22(12-14-23)34(28,29)26-17-16-20-10-15-24(32-2)25(18-20)33-3/h5-15,18,26H,4,16-17,19H2,1-3H3. The summed E-state index contributed by atoms with van der Waals surface area (Å²) in [5, 5.41) is 0. The quantitative estimate of drug-likeness (QED) is 0.394. The van der Waals surface area contributed by atoms with Crippen LogP contribution in [0.1, 0.15) is 18.1 Å².